The van der Waals surface area contributed by atoms with Gasteiger partial charge in [0.15, 0.2) is 0 Å². The third-order valence-electron chi connectivity index (χ3n) is 6.68. The van der Waals surface area contributed by atoms with Gasteiger partial charge in [-0.05, 0) is 38.0 Å². The lowest BCUT2D eigenvalue weighted by atomic mass is 9.82. The highest BCUT2D eigenvalue weighted by molar-refractivity contribution is 5.02. The molecule has 0 radical (unpaired) electrons. The average molecular weight is 293 g/mol. The molecule has 2 aliphatic carbocycles. The molecule has 122 valence electrons. The van der Waals surface area contributed by atoms with Crippen LogP contribution in [0.3, 0.4) is 0 Å². The van der Waals surface area contributed by atoms with Crippen molar-refractivity contribution in [1.82, 2.24) is 4.90 Å². The van der Waals surface area contributed by atoms with Crippen LogP contribution < -0.4 is 5.73 Å². The van der Waals surface area contributed by atoms with Crippen LogP contribution in [0.5, 0.6) is 0 Å². The lowest BCUT2D eigenvalue weighted by Gasteiger charge is -2.46. The van der Waals surface area contributed by atoms with Crippen molar-refractivity contribution in [2.45, 2.75) is 101 Å². The Morgan fingerprint density at radius 2 is 1.38 bits per heavy atom. The zero-order valence-corrected chi connectivity index (χ0v) is 14.0. The van der Waals surface area contributed by atoms with Crippen LogP contribution in [0.4, 0.5) is 0 Å². The molecule has 3 aliphatic rings. The summed E-state index contributed by atoms with van der Waals surface area (Å²) in [5.74, 6) is 1.000. The van der Waals surface area contributed by atoms with Gasteiger partial charge in [0.2, 0.25) is 0 Å². The maximum absolute atomic E-state index is 6.39. The molecule has 2 bridgehead atoms. The first-order valence-electron chi connectivity index (χ1n) is 9.81. The van der Waals surface area contributed by atoms with Crippen LogP contribution >= 0.6 is 0 Å². The first-order chi connectivity index (χ1) is 10.3. The molecule has 2 heteroatoms. The number of rotatable bonds is 2. The Bertz CT molecular complexity index is 303. The summed E-state index contributed by atoms with van der Waals surface area (Å²) in [5, 5.41) is 0. The molecule has 0 aromatic heterocycles. The molecule has 3 fully saturated rings. The van der Waals surface area contributed by atoms with Gasteiger partial charge in [0.05, 0.1) is 0 Å². The normalized spacial score (nSPS) is 35.3. The van der Waals surface area contributed by atoms with E-state index in [1.165, 1.54) is 96.4 Å². The molecular formula is C19H36N2. The van der Waals surface area contributed by atoms with E-state index >= 15 is 0 Å². The van der Waals surface area contributed by atoms with Crippen molar-refractivity contribution in [2.24, 2.45) is 11.7 Å². The van der Waals surface area contributed by atoms with E-state index in [1.54, 1.807) is 0 Å². The van der Waals surface area contributed by atoms with Gasteiger partial charge < -0.3 is 5.73 Å². The SMILES string of the molecule is NCC1(N2CC3CCC2C3)CCCCCCCCCCC1. The molecule has 1 saturated heterocycles. The lowest BCUT2D eigenvalue weighted by molar-refractivity contribution is 0.0411. The zero-order chi connectivity index (χ0) is 14.5. The van der Waals surface area contributed by atoms with Gasteiger partial charge in [-0.1, -0.05) is 57.8 Å². The summed E-state index contributed by atoms with van der Waals surface area (Å²) >= 11 is 0. The summed E-state index contributed by atoms with van der Waals surface area (Å²) in [6, 6.07) is 0.881. The van der Waals surface area contributed by atoms with E-state index in [0.717, 1.165) is 18.5 Å². The number of nitrogens with zero attached hydrogens (tertiary/aromatic N) is 1. The molecule has 3 rings (SSSR count). The predicted molar refractivity (Wildman–Crippen MR) is 90.4 cm³/mol. The van der Waals surface area contributed by atoms with Gasteiger partial charge in [0.1, 0.15) is 0 Å². The third kappa shape index (κ3) is 3.64. The Labute approximate surface area is 131 Å². The van der Waals surface area contributed by atoms with E-state index in [2.05, 4.69) is 4.90 Å². The quantitative estimate of drug-likeness (QED) is 0.813. The maximum Gasteiger partial charge on any atom is 0.0334 e. The van der Waals surface area contributed by atoms with E-state index in [1.807, 2.05) is 0 Å². The van der Waals surface area contributed by atoms with Crippen LogP contribution in [0.2, 0.25) is 0 Å². The number of likely N-dealkylation sites (tertiary alicyclic amines) is 1. The molecule has 0 aromatic rings. The van der Waals surface area contributed by atoms with Crippen molar-refractivity contribution >= 4 is 0 Å². The van der Waals surface area contributed by atoms with Crippen LogP contribution in [0.15, 0.2) is 0 Å². The number of hydrogen-bond donors (Lipinski definition) is 1. The summed E-state index contributed by atoms with van der Waals surface area (Å²) in [6.45, 7) is 2.26. The lowest BCUT2D eigenvalue weighted by Crippen LogP contribution is -2.56. The number of piperidine rings is 1. The molecule has 0 spiro atoms. The topological polar surface area (TPSA) is 29.3 Å². The standard InChI is InChI=1S/C19H36N2/c20-16-19(21-15-17-10-11-18(21)14-17)12-8-6-4-2-1-3-5-7-9-13-19/h17-18H,1-16,20H2. The molecule has 2 saturated carbocycles. The summed E-state index contributed by atoms with van der Waals surface area (Å²) in [5.41, 5.74) is 6.75. The van der Waals surface area contributed by atoms with Gasteiger partial charge in [0, 0.05) is 24.7 Å². The minimum Gasteiger partial charge on any atom is -0.329 e. The van der Waals surface area contributed by atoms with E-state index < -0.39 is 0 Å². The van der Waals surface area contributed by atoms with Gasteiger partial charge in [-0.3, -0.25) is 4.90 Å². The van der Waals surface area contributed by atoms with E-state index in [9.17, 15) is 0 Å². The van der Waals surface area contributed by atoms with E-state index in [0.29, 0.717) is 5.54 Å². The minimum atomic E-state index is 0.360. The van der Waals surface area contributed by atoms with Crippen molar-refractivity contribution in [2.75, 3.05) is 13.1 Å². The first kappa shape index (κ1) is 15.8. The van der Waals surface area contributed by atoms with Gasteiger partial charge in [-0.2, -0.15) is 0 Å². The monoisotopic (exact) mass is 292 g/mol. The highest BCUT2D eigenvalue weighted by Gasteiger charge is 2.47. The van der Waals surface area contributed by atoms with Gasteiger partial charge in [-0.25, -0.2) is 0 Å². The van der Waals surface area contributed by atoms with Crippen molar-refractivity contribution in [3.8, 4) is 0 Å². The van der Waals surface area contributed by atoms with Crippen LogP contribution in [0, 0.1) is 5.92 Å². The van der Waals surface area contributed by atoms with E-state index in [4.69, 9.17) is 5.73 Å². The Hall–Kier alpha value is -0.0800. The molecule has 1 heterocycles. The third-order valence-corrected chi connectivity index (χ3v) is 6.68. The highest BCUT2D eigenvalue weighted by atomic mass is 15.3. The van der Waals surface area contributed by atoms with Crippen LogP contribution in [0.25, 0.3) is 0 Å². The van der Waals surface area contributed by atoms with Gasteiger partial charge in [-0.15, -0.1) is 0 Å². The number of nitrogens with two attached hydrogens (primary N) is 1. The molecule has 2 N–H and O–H groups in total. The summed E-state index contributed by atoms with van der Waals surface area (Å²) in [7, 11) is 0. The van der Waals surface area contributed by atoms with Crippen molar-refractivity contribution in [3.63, 3.8) is 0 Å². The fourth-order valence-electron chi connectivity index (χ4n) is 5.38. The fraction of sp³-hybridized carbons (Fsp3) is 1.00. The minimum absolute atomic E-state index is 0.360. The van der Waals surface area contributed by atoms with Crippen molar-refractivity contribution in [3.05, 3.63) is 0 Å². The fourth-order valence-corrected chi connectivity index (χ4v) is 5.38. The van der Waals surface area contributed by atoms with Crippen LogP contribution in [0.1, 0.15) is 89.9 Å². The largest absolute Gasteiger partial charge is 0.329 e. The highest BCUT2D eigenvalue weighted by Crippen LogP contribution is 2.44. The second kappa shape index (κ2) is 7.46. The smallest absolute Gasteiger partial charge is 0.0334 e. The Balaban J connectivity index is 1.66. The summed E-state index contributed by atoms with van der Waals surface area (Å²) in [4.78, 5) is 2.90. The Morgan fingerprint density at radius 1 is 0.810 bits per heavy atom. The second-order valence-electron chi connectivity index (χ2n) is 8.10. The van der Waals surface area contributed by atoms with Gasteiger partial charge in [0.25, 0.3) is 0 Å². The van der Waals surface area contributed by atoms with Crippen molar-refractivity contribution in [1.29, 1.82) is 0 Å². The zero-order valence-electron chi connectivity index (χ0n) is 14.0. The van der Waals surface area contributed by atoms with Crippen molar-refractivity contribution < 1.29 is 0 Å². The average Bonchev–Trinajstić information content (AvgIpc) is 3.11. The molecule has 1 aliphatic heterocycles. The molecular weight excluding hydrogens is 256 g/mol. The second-order valence-corrected chi connectivity index (χ2v) is 8.10. The molecule has 0 aromatic carbocycles. The predicted octanol–water partition coefficient (Wildman–Crippen LogP) is 4.47. The van der Waals surface area contributed by atoms with Gasteiger partial charge >= 0.3 is 0 Å². The molecule has 2 nitrogen and oxygen atoms in total. The molecule has 2 unspecified atom stereocenters. The van der Waals surface area contributed by atoms with Crippen LogP contribution in [-0.4, -0.2) is 29.6 Å². The van der Waals surface area contributed by atoms with Crippen LogP contribution in [-0.2, 0) is 0 Å². The molecule has 0 amide bonds. The molecule has 21 heavy (non-hydrogen) atoms. The Kier molecular flexibility index (Phi) is 5.61. The molecule has 2 atom stereocenters. The number of fused-ring (bicyclic) bond motifs is 2. The summed E-state index contributed by atoms with van der Waals surface area (Å²) in [6.07, 6.45) is 20.1. The summed E-state index contributed by atoms with van der Waals surface area (Å²) < 4.78 is 0. The Morgan fingerprint density at radius 3 is 1.81 bits per heavy atom. The number of hydrogen-bond acceptors (Lipinski definition) is 2. The van der Waals surface area contributed by atoms with E-state index in [-0.39, 0.29) is 0 Å². The maximum atomic E-state index is 6.39. The first-order valence-corrected chi connectivity index (χ1v) is 9.81.